The Hall–Kier alpha value is -2.47. The Morgan fingerprint density at radius 3 is 2.43 bits per heavy atom. The minimum atomic E-state index is -1.55. The SMILES string of the molecule is Cc1cccc(C)c1NC(=O)C[S@@](=O)CC(=O)N[C@@H]1CCCc2ccccc21. The molecule has 2 atom stereocenters. The van der Waals surface area contributed by atoms with Crippen molar-refractivity contribution in [1.82, 2.24) is 5.32 Å². The van der Waals surface area contributed by atoms with E-state index in [0.717, 1.165) is 41.6 Å². The van der Waals surface area contributed by atoms with E-state index in [-0.39, 0.29) is 29.4 Å². The van der Waals surface area contributed by atoms with Gasteiger partial charge in [0.1, 0.15) is 11.5 Å². The summed E-state index contributed by atoms with van der Waals surface area (Å²) in [6.07, 6.45) is 2.92. The zero-order valence-corrected chi connectivity index (χ0v) is 17.1. The van der Waals surface area contributed by atoms with Crippen LogP contribution in [0.25, 0.3) is 0 Å². The number of hydrogen-bond donors (Lipinski definition) is 2. The number of aryl methyl sites for hydroxylation is 3. The van der Waals surface area contributed by atoms with E-state index in [4.69, 9.17) is 0 Å². The molecular weight excluding hydrogens is 372 g/mol. The topological polar surface area (TPSA) is 75.3 Å². The van der Waals surface area contributed by atoms with Crippen molar-refractivity contribution >= 4 is 28.3 Å². The van der Waals surface area contributed by atoms with Gasteiger partial charge in [-0.1, -0.05) is 42.5 Å². The van der Waals surface area contributed by atoms with Crippen LogP contribution >= 0.6 is 0 Å². The molecule has 2 aromatic rings. The summed E-state index contributed by atoms with van der Waals surface area (Å²) in [5.74, 6) is -0.979. The van der Waals surface area contributed by atoms with Crippen molar-refractivity contribution in [3.8, 4) is 0 Å². The first-order chi connectivity index (χ1) is 13.4. The maximum Gasteiger partial charge on any atom is 0.237 e. The van der Waals surface area contributed by atoms with Gasteiger partial charge in [0, 0.05) is 16.5 Å². The molecule has 6 heteroatoms. The Labute approximate surface area is 168 Å². The summed E-state index contributed by atoms with van der Waals surface area (Å²) >= 11 is 0. The van der Waals surface area contributed by atoms with Crippen molar-refractivity contribution in [2.75, 3.05) is 16.8 Å². The maximum absolute atomic E-state index is 12.3. The molecule has 0 bridgehead atoms. The van der Waals surface area contributed by atoms with Crippen LogP contribution in [0, 0.1) is 13.8 Å². The molecule has 1 aliphatic carbocycles. The van der Waals surface area contributed by atoms with E-state index in [9.17, 15) is 13.8 Å². The molecule has 0 saturated heterocycles. The van der Waals surface area contributed by atoms with Gasteiger partial charge in [-0.2, -0.15) is 0 Å². The summed E-state index contributed by atoms with van der Waals surface area (Å²) in [5, 5.41) is 5.80. The fraction of sp³-hybridized carbons (Fsp3) is 0.364. The highest BCUT2D eigenvalue weighted by atomic mass is 32.2. The third-order valence-corrected chi connectivity index (χ3v) is 6.20. The molecule has 0 saturated carbocycles. The number of hydrogen-bond acceptors (Lipinski definition) is 3. The number of nitrogens with one attached hydrogen (secondary N) is 2. The van der Waals surface area contributed by atoms with Crippen LogP contribution < -0.4 is 10.6 Å². The molecule has 2 amide bonds. The van der Waals surface area contributed by atoms with Crippen LogP contribution in [0.15, 0.2) is 42.5 Å². The number of carbonyl (C=O) groups is 2. The van der Waals surface area contributed by atoms with Crippen LogP contribution in [0.5, 0.6) is 0 Å². The Balaban J connectivity index is 1.52. The summed E-state index contributed by atoms with van der Waals surface area (Å²) in [4.78, 5) is 24.6. The summed E-state index contributed by atoms with van der Waals surface area (Å²) in [6, 6.07) is 13.8. The van der Waals surface area contributed by atoms with E-state index in [0.29, 0.717) is 0 Å². The molecule has 5 nitrogen and oxygen atoms in total. The first-order valence-corrected chi connectivity index (χ1v) is 11.0. The normalized spacial score (nSPS) is 16.7. The van der Waals surface area contributed by atoms with E-state index in [1.165, 1.54) is 5.56 Å². The van der Waals surface area contributed by atoms with Gasteiger partial charge in [-0.15, -0.1) is 0 Å². The molecule has 148 valence electrons. The van der Waals surface area contributed by atoms with Gasteiger partial charge in [0.2, 0.25) is 11.8 Å². The Kier molecular flexibility index (Phi) is 6.62. The molecule has 0 spiro atoms. The molecule has 3 rings (SSSR count). The molecule has 2 aromatic carbocycles. The van der Waals surface area contributed by atoms with Gasteiger partial charge in [0.25, 0.3) is 0 Å². The second-order valence-electron chi connectivity index (χ2n) is 7.25. The van der Waals surface area contributed by atoms with Gasteiger partial charge in [-0.05, 0) is 55.4 Å². The quantitative estimate of drug-likeness (QED) is 0.785. The summed E-state index contributed by atoms with van der Waals surface area (Å²) in [7, 11) is -1.55. The van der Waals surface area contributed by atoms with Crippen molar-refractivity contribution in [3.05, 3.63) is 64.7 Å². The summed E-state index contributed by atoms with van der Waals surface area (Å²) < 4.78 is 12.3. The number of rotatable bonds is 6. The number of amides is 2. The fourth-order valence-corrected chi connectivity index (χ4v) is 4.51. The third-order valence-electron chi connectivity index (χ3n) is 5.03. The van der Waals surface area contributed by atoms with Gasteiger partial charge in [0.15, 0.2) is 0 Å². The van der Waals surface area contributed by atoms with Gasteiger partial charge < -0.3 is 10.6 Å². The highest BCUT2D eigenvalue weighted by Gasteiger charge is 2.22. The zero-order chi connectivity index (χ0) is 20.1. The monoisotopic (exact) mass is 398 g/mol. The molecule has 0 heterocycles. The van der Waals surface area contributed by atoms with Gasteiger partial charge in [0.05, 0.1) is 6.04 Å². The molecular formula is C22H26N2O3S. The average Bonchev–Trinajstić information content (AvgIpc) is 2.65. The largest absolute Gasteiger partial charge is 0.348 e. The summed E-state index contributed by atoms with van der Waals surface area (Å²) in [5.41, 5.74) is 5.04. The average molecular weight is 399 g/mol. The Bertz CT molecular complexity index is 890. The Morgan fingerprint density at radius 2 is 1.68 bits per heavy atom. The predicted molar refractivity (Wildman–Crippen MR) is 113 cm³/mol. The molecule has 2 N–H and O–H groups in total. The highest BCUT2D eigenvalue weighted by Crippen LogP contribution is 2.29. The predicted octanol–water partition coefficient (Wildman–Crippen LogP) is 3.18. The van der Waals surface area contributed by atoms with Crippen LogP contribution in [0.4, 0.5) is 5.69 Å². The van der Waals surface area contributed by atoms with E-state index in [1.54, 1.807) is 0 Å². The van der Waals surface area contributed by atoms with Crippen LogP contribution in [0.3, 0.4) is 0 Å². The van der Waals surface area contributed by atoms with Gasteiger partial charge in [-0.25, -0.2) is 0 Å². The minimum absolute atomic E-state index is 0.0436. The smallest absolute Gasteiger partial charge is 0.237 e. The molecule has 0 radical (unpaired) electrons. The molecule has 0 unspecified atom stereocenters. The Morgan fingerprint density at radius 1 is 1.00 bits per heavy atom. The molecule has 0 fully saturated rings. The molecule has 1 aliphatic rings. The van der Waals surface area contributed by atoms with Gasteiger partial charge in [-0.3, -0.25) is 13.8 Å². The van der Waals surface area contributed by atoms with E-state index < -0.39 is 10.8 Å². The van der Waals surface area contributed by atoms with Gasteiger partial charge >= 0.3 is 0 Å². The van der Waals surface area contributed by atoms with E-state index in [2.05, 4.69) is 16.7 Å². The van der Waals surface area contributed by atoms with Crippen LogP contribution in [0.1, 0.15) is 41.1 Å². The number of fused-ring (bicyclic) bond motifs is 1. The molecule has 0 aromatic heterocycles. The lowest BCUT2D eigenvalue weighted by Gasteiger charge is -2.26. The first kappa shape index (κ1) is 20.3. The van der Waals surface area contributed by atoms with Crippen LogP contribution in [-0.2, 0) is 26.8 Å². The molecule has 0 aliphatic heterocycles. The lowest BCUT2D eigenvalue weighted by atomic mass is 9.88. The molecule has 28 heavy (non-hydrogen) atoms. The highest BCUT2D eigenvalue weighted by molar-refractivity contribution is 7.86. The first-order valence-electron chi connectivity index (χ1n) is 9.52. The lowest BCUT2D eigenvalue weighted by molar-refractivity contribution is -0.119. The number of carbonyl (C=O) groups excluding carboxylic acids is 2. The second kappa shape index (κ2) is 9.15. The van der Waals surface area contributed by atoms with Crippen molar-refractivity contribution < 1.29 is 13.8 Å². The number of anilines is 1. The van der Waals surface area contributed by atoms with Crippen molar-refractivity contribution in [2.24, 2.45) is 0 Å². The number of benzene rings is 2. The standard InChI is InChI=1S/C22H26N2O3S/c1-15-7-5-8-16(2)22(15)24-21(26)14-28(27)13-20(25)23-19-12-6-10-17-9-3-4-11-18(17)19/h3-5,7-9,11,19H,6,10,12-14H2,1-2H3,(H,23,25)(H,24,26)/t19-,28+/m1/s1. The zero-order valence-electron chi connectivity index (χ0n) is 16.3. The fourth-order valence-electron chi connectivity index (χ4n) is 3.67. The van der Waals surface area contributed by atoms with Crippen LogP contribution in [0.2, 0.25) is 0 Å². The third kappa shape index (κ3) is 5.07. The van der Waals surface area contributed by atoms with Crippen molar-refractivity contribution in [2.45, 2.75) is 39.2 Å². The minimum Gasteiger partial charge on any atom is -0.348 e. The maximum atomic E-state index is 12.3. The van der Waals surface area contributed by atoms with E-state index >= 15 is 0 Å². The summed E-state index contributed by atoms with van der Waals surface area (Å²) in [6.45, 7) is 3.82. The van der Waals surface area contributed by atoms with E-state index in [1.807, 2.05) is 50.2 Å². The van der Waals surface area contributed by atoms with Crippen molar-refractivity contribution in [1.29, 1.82) is 0 Å². The second-order valence-corrected chi connectivity index (χ2v) is 8.71. The van der Waals surface area contributed by atoms with Crippen molar-refractivity contribution in [3.63, 3.8) is 0 Å². The lowest BCUT2D eigenvalue weighted by Crippen LogP contribution is -2.35. The van der Waals surface area contributed by atoms with Crippen LogP contribution in [-0.4, -0.2) is 27.5 Å². The number of para-hydroxylation sites is 1.